The average Bonchev–Trinajstić information content (AvgIpc) is 3.00. The molecule has 0 atom stereocenters. The molecular formula is C13H14ClN5O3S2. The van der Waals surface area contributed by atoms with Gasteiger partial charge in [0.2, 0.25) is 11.0 Å². The van der Waals surface area contributed by atoms with Crippen molar-refractivity contribution in [3.63, 3.8) is 0 Å². The number of anilines is 2. The summed E-state index contributed by atoms with van der Waals surface area (Å²) in [4.78, 5) is 22.4. The molecule has 1 heterocycles. The summed E-state index contributed by atoms with van der Waals surface area (Å²) in [6, 6.07) is 4.08. The zero-order valence-electron chi connectivity index (χ0n) is 12.6. The van der Waals surface area contributed by atoms with Crippen LogP contribution in [-0.4, -0.2) is 33.3 Å². The molecule has 0 aliphatic heterocycles. The van der Waals surface area contributed by atoms with Crippen molar-refractivity contribution in [3.05, 3.63) is 33.3 Å². The summed E-state index contributed by atoms with van der Waals surface area (Å²) < 4.78 is 0.648. The Balaban J connectivity index is 1.92. The molecule has 0 aliphatic carbocycles. The van der Waals surface area contributed by atoms with Crippen LogP contribution >= 0.6 is 34.7 Å². The lowest BCUT2D eigenvalue weighted by atomic mass is 10.2. The third-order valence-corrected chi connectivity index (χ3v) is 4.94. The Morgan fingerprint density at radius 3 is 2.96 bits per heavy atom. The summed E-state index contributed by atoms with van der Waals surface area (Å²) in [7, 11) is 0. The van der Waals surface area contributed by atoms with Crippen LogP contribution in [0.5, 0.6) is 0 Å². The Morgan fingerprint density at radius 1 is 1.46 bits per heavy atom. The van der Waals surface area contributed by atoms with E-state index in [-0.39, 0.29) is 28.1 Å². The number of amides is 1. The summed E-state index contributed by atoms with van der Waals surface area (Å²) in [5, 5.41) is 25.5. The van der Waals surface area contributed by atoms with Crippen LogP contribution in [0.3, 0.4) is 0 Å². The van der Waals surface area contributed by atoms with E-state index in [1.54, 1.807) is 0 Å². The lowest BCUT2D eigenvalue weighted by Crippen LogP contribution is -2.15. The van der Waals surface area contributed by atoms with E-state index in [1.165, 1.54) is 41.3 Å². The molecule has 24 heavy (non-hydrogen) atoms. The molecule has 0 radical (unpaired) electrons. The molecule has 11 heteroatoms. The number of hydrogen-bond donors (Lipinski definition) is 2. The van der Waals surface area contributed by atoms with Gasteiger partial charge in [-0.1, -0.05) is 41.6 Å². The number of carbonyl (C=O) groups is 1. The quantitative estimate of drug-likeness (QED) is 0.404. The van der Waals surface area contributed by atoms with Crippen molar-refractivity contribution in [2.75, 3.05) is 22.9 Å². The monoisotopic (exact) mass is 387 g/mol. The van der Waals surface area contributed by atoms with Crippen LogP contribution in [0.15, 0.2) is 22.5 Å². The molecule has 1 aromatic heterocycles. The van der Waals surface area contributed by atoms with Gasteiger partial charge in [0.25, 0.3) is 5.69 Å². The zero-order chi connectivity index (χ0) is 17.5. The Kier molecular flexibility index (Phi) is 6.76. The highest BCUT2D eigenvalue weighted by atomic mass is 35.5. The van der Waals surface area contributed by atoms with E-state index in [4.69, 9.17) is 11.6 Å². The van der Waals surface area contributed by atoms with Gasteiger partial charge in [-0.25, -0.2) is 0 Å². The molecule has 0 aliphatic rings. The SMILES string of the molecule is CCCNc1nnc(SCC(=O)Nc2ccc(Cl)cc2[N+](=O)[O-])s1. The third kappa shape index (κ3) is 5.32. The summed E-state index contributed by atoms with van der Waals surface area (Å²) in [5.41, 5.74) is -0.139. The number of halogens is 1. The fraction of sp³-hybridized carbons (Fsp3) is 0.308. The van der Waals surface area contributed by atoms with Gasteiger partial charge in [0.15, 0.2) is 4.34 Å². The van der Waals surface area contributed by atoms with Gasteiger partial charge in [0.05, 0.1) is 10.7 Å². The number of nitrogens with one attached hydrogen (secondary N) is 2. The lowest BCUT2D eigenvalue weighted by molar-refractivity contribution is -0.383. The molecule has 128 valence electrons. The molecule has 2 aromatic rings. The minimum atomic E-state index is -0.592. The topological polar surface area (TPSA) is 110 Å². The second kappa shape index (κ2) is 8.81. The van der Waals surface area contributed by atoms with Crippen LogP contribution in [0.25, 0.3) is 0 Å². The molecule has 0 spiro atoms. The van der Waals surface area contributed by atoms with Crippen LogP contribution < -0.4 is 10.6 Å². The van der Waals surface area contributed by atoms with Crippen LogP contribution in [0, 0.1) is 10.1 Å². The molecule has 1 aromatic carbocycles. The average molecular weight is 388 g/mol. The maximum Gasteiger partial charge on any atom is 0.294 e. The second-order valence-corrected chi connectivity index (χ2v) is 7.19. The number of nitro benzene ring substituents is 1. The van der Waals surface area contributed by atoms with Gasteiger partial charge in [-0.2, -0.15) is 0 Å². The Bertz CT molecular complexity index is 740. The van der Waals surface area contributed by atoms with Crippen LogP contribution in [0.1, 0.15) is 13.3 Å². The van der Waals surface area contributed by atoms with Crippen molar-refractivity contribution in [2.45, 2.75) is 17.7 Å². The molecule has 2 N–H and O–H groups in total. The third-order valence-electron chi connectivity index (χ3n) is 2.69. The predicted molar refractivity (Wildman–Crippen MR) is 96.1 cm³/mol. The molecule has 0 saturated heterocycles. The van der Waals surface area contributed by atoms with E-state index in [2.05, 4.69) is 20.8 Å². The van der Waals surface area contributed by atoms with Crippen LogP contribution in [-0.2, 0) is 4.79 Å². The molecular weight excluding hydrogens is 374 g/mol. The van der Waals surface area contributed by atoms with Crippen LogP contribution in [0.2, 0.25) is 5.02 Å². The lowest BCUT2D eigenvalue weighted by Gasteiger charge is -2.05. The van der Waals surface area contributed by atoms with Crippen molar-refractivity contribution in [3.8, 4) is 0 Å². The summed E-state index contributed by atoms with van der Waals surface area (Å²) >= 11 is 8.31. The number of carbonyl (C=O) groups excluding carboxylic acids is 1. The van der Waals surface area contributed by atoms with Gasteiger partial charge in [-0.15, -0.1) is 10.2 Å². The maximum absolute atomic E-state index is 12.0. The molecule has 0 bridgehead atoms. The van der Waals surface area contributed by atoms with Crippen molar-refractivity contribution in [2.24, 2.45) is 0 Å². The molecule has 2 rings (SSSR count). The van der Waals surface area contributed by atoms with Gasteiger partial charge >= 0.3 is 0 Å². The minimum Gasteiger partial charge on any atom is -0.360 e. The van der Waals surface area contributed by atoms with E-state index in [1.807, 2.05) is 6.92 Å². The fourth-order valence-electron chi connectivity index (χ4n) is 1.65. The maximum atomic E-state index is 12.0. The number of rotatable bonds is 8. The van der Waals surface area contributed by atoms with Gasteiger partial charge in [0, 0.05) is 17.6 Å². The van der Waals surface area contributed by atoms with E-state index in [0.717, 1.165) is 13.0 Å². The first-order chi connectivity index (χ1) is 11.5. The number of nitrogens with zero attached hydrogens (tertiary/aromatic N) is 3. The highest BCUT2D eigenvalue weighted by Crippen LogP contribution is 2.29. The molecule has 1 amide bonds. The smallest absolute Gasteiger partial charge is 0.294 e. The highest BCUT2D eigenvalue weighted by Gasteiger charge is 2.17. The van der Waals surface area contributed by atoms with Crippen LogP contribution in [0.4, 0.5) is 16.5 Å². The fourth-order valence-corrected chi connectivity index (χ4v) is 3.39. The number of nitro groups is 1. The molecule has 8 nitrogen and oxygen atoms in total. The highest BCUT2D eigenvalue weighted by molar-refractivity contribution is 8.01. The first-order valence-corrected chi connectivity index (χ1v) is 9.11. The van der Waals surface area contributed by atoms with Crippen molar-refractivity contribution < 1.29 is 9.72 Å². The number of hydrogen-bond acceptors (Lipinski definition) is 8. The molecule has 0 fully saturated rings. The Labute approximate surface area is 151 Å². The van der Waals surface area contributed by atoms with E-state index >= 15 is 0 Å². The van der Waals surface area contributed by atoms with Gasteiger partial charge in [-0.05, 0) is 18.6 Å². The summed E-state index contributed by atoms with van der Waals surface area (Å²) in [5.74, 6) is -0.300. The Morgan fingerprint density at radius 2 is 2.25 bits per heavy atom. The van der Waals surface area contributed by atoms with E-state index < -0.39 is 4.92 Å². The minimum absolute atomic E-state index is 0.0716. The standard InChI is InChI=1S/C13H14ClN5O3S2/c1-2-5-15-12-17-18-13(24-12)23-7-11(20)16-9-4-3-8(14)6-10(9)19(21)22/h3-4,6H,2,5,7H2,1H3,(H,15,17)(H,16,20). The number of thioether (sulfide) groups is 1. The number of aromatic nitrogens is 2. The van der Waals surface area contributed by atoms with Crippen molar-refractivity contribution >= 4 is 57.1 Å². The molecule has 0 unspecified atom stereocenters. The van der Waals surface area contributed by atoms with Gasteiger partial charge in [0.1, 0.15) is 5.69 Å². The van der Waals surface area contributed by atoms with E-state index in [9.17, 15) is 14.9 Å². The van der Waals surface area contributed by atoms with Gasteiger partial charge < -0.3 is 10.6 Å². The second-order valence-electron chi connectivity index (χ2n) is 4.56. The van der Waals surface area contributed by atoms with Crippen molar-refractivity contribution in [1.29, 1.82) is 0 Å². The first-order valence-electron chi connectivity index (χ1n) is 6.93. The first kappa shape index (κ1) is 18.4. The largest absolute Gasteiger partial charge is 0.360 e. The summed E-state index contributed by atoms with van der Waals surface area (Å²) in [6.07, 6.45) is 0.977. The van der Waals surface area contributed by atoms with Gasteiger partial charge in [-0.3, -0.25) is 14.9 Å². The normalized spacial score (nSPS) is 10.4. The van der Waals surface area contributed by atoms with Crippen molar-refractivity contribution in [1.82, 2.24) is 10.2 Å². The number of benzene rings is 1. The van der Waals surface area contributed by atoms with E-state index in [0.29, 0.717) is 9.47 Å². The predicted octanol–water partition coefficient (Wildman–Crippen LogP) is 3.65. The summed E-state index contributed by atoms with van der Waals surface area (Å²) in [6.45, 7) is 2.85. The molecule has 0 saturated carbocycles. The zero-order valence-corrected chi connectivity index (χ0v) is 15.0. The Hall–Kier alpha value is -1.91.